The third-order valence-corrected chi connectivity index (χ3v) is 9.77. The molecule has 0 aliphatic heterocycles. The van der Waals surface area contributed by atoms with E-state index < -0.39 is 75.3 Å². The van der Waals surface area contributed by atoms with Gasteiger partial charge in [0.1, 0.15) is 25.5 Å². The number of carbonyl (C=O) groups is 5. The molecule has 6 N–H and O–H groups in total. The largest absolute Gasteiger partial charge is 0.481 e. The Kier molecular flexibility index (Phi) is 240. The number of ether oxygens (including phenoxy) is 1. The number of esters is 1. The number of carboxylic acid groups (broad SMARTS) is 1. The normalized spacial score (nSPS) is 8.99. The van der Waals surface area contributed by atoms with Crippen LogP contribution in [0.25, 0.3) is 0 Å². The molecule has 0 aliphatic carbocycles. The number of sulfone groups is 2. The molecule has 36 heteroatoms. The predicted octanol–water partition coefficient (Wildman–Crippen LogP) is 8.31. The van der Waals surface area contributed by atoms with Gasteiger partial charge in [-0.1, -0.05) is 152 Å². The lowest BCUT2D eigenvalue weighted by atomic mass is 10.6. The van der Waals surface area contributed by atoms with E-state index in [0.29, 0.717) is 5.75 Å². The number of aliphatic carboxylic acids is 1. The molecule has 0 fully saturated rings. The number of sulfonamides is 4. The fourth-order valence-electron chi connectivity index (χ4n) is 0. The van der Waals surface area contributed by atoms with Gasteiger partial charge in [-0.2, -0.15) is 0 Å². The van der Waals surface area contributed by atoms with Crippen LogP contribution in [0.4, 0.5) is 0 Å². The fourth-order valence-corrected chi connectivity index (χ4v) is 0. The summed E-state index contributed by atoms with van der Waals surface area (Å²) in [5, 5.41) is 16.9. The molecule has 1 unspecified atom stereocenters. The lowest BCUT2D eigenvalue weighted by Gasteiger charge is -2.02. The van der Waals surface area contributed by atoms with Crippen molar-refractivity contribution in [1.29, 1.82) is 0 Å². The van der Waals surface area contributed by atoms with Gasteiger partial charge in [0.2, 0.25) is 51.9 Å². The van der Waals surface area contributed by atoms with Crippen molar-refractivity contribution in [2.75, 3.05) is 181 Å². The maximum Gasteiger partial charge on any atom is 0.302 e. The second kappa shape index (κ2) is 136. The number of Topliss-reactive ketones (excluding diaryl/α,β-unsaturated/α-hetero) is 1. The third-order valence-electron chi connectivity index (χ3n) is 4.10. The number of methoxy groups -OCH3 is 1. The Hall–Kier alpha value is -3.01. The number of carbonyl (C=O) groups excluding carboxylic acids is 4. The Morgan fingerprint density at radius 1 is 0.454 bits per heavy atom. The zero-order valence-corrected chi connectivity index (χ0v) is 77.4. The van der Waals surface area contributed by atoms with Gasteiger partial charge in [0.25, 0.3) is 5.97 Å². The minimum Gasteiger partial charge on any atom is -0.481 e. The maximum absolute atomic E-state index is 10.4. The summed E-state index contributed by atoms with van der Waals surface area (Å²) in [6.45, 7) is 48.2. The minimum absolute atomic E-state index is 0. The van der Waals surface area contributed by atoms with Crippen LogP contribution in [0.1, 0.15) is 194 Å². The first-order valence-electron chi connectivity index (χ1n) is 30.6. The summed E-state index contributed by atoms with van der Waals surface area (Å²) in [5.74, 6) is 3.53. The van der Waals surface area contributed by atoms with Crippen molar-refractivity contribution in [3.05, 3.63) is 0 Å². The van der Waals surface area contributed by atoms with E-state index in [1.165, 1.54) is 94.5 Å². The number of ketones is 1. The van der Waals surface area contributed by atoms with Gasteiger partial charge in [-0.25, -0.2) is 69.0 Å². The van der Waals surface area contributed by atoms with E-state index in [4.69, 9.17) is 9.90 Å². The van der Waals surface area contributed by atoms with E-state index >= 15 is 0 Å². The zero-order chi connectivity index (χ0) is 86.2. The third kappa shape index (κ3) is 1140. The Labute approximate surface area is 608 Å². The fraction of sp³-hybridized carbons (Fsp3) is 0.902. The molecule has 0 aromatic heterocycles. The monoisotopic (exact) mass is 1570 g/mol. The van der Waals surface area contributed by atoms with E-state index in [1.54, 1.807) is 34.3 Å². The molecular formula is C61H171N9O20S7. The average Bonchev–Trinajstić information content (AvgIpc) is 3.42. The molecule has 0 radical (unpaired) electrons. The quantitative estimate of drug-likeness (QED) is 0.127. The van der Waals surface area contributed by atoms with E-state index in [9.17, 15) is 73.9 Å². The van der Waals surface area contributed by atoms with Gasteiger partial charge in [-0.15, -0.1) is 0 Å². The average molecular weight is 1580 g/mol. The Morgan fingerprint density at radius 3 is 0.526 bits per heavy atom. The smallest absolute Gasteiger partial charge is 0.302 e. The highest BCUT2D eigenvalue weighted by Crippen LogP contribution is 1.84. The molecule has 0 spiro atoms. The van der Waals surface area contributed by atoms with Crippen molar-refractivity contribution in [3.8, 4) is 0 Å². The molecule has 0 saturated heterocycles. The Bertz CT molecular complexity index is 2020. The van der Waals surface area contributed by atoms with Gasteiger partial charge >= 0.3 is 5.97 Å². The van der Waals surface area contributed by atoms with Crippen molar-refractivity contribution in [2.24, 2.45) is 5.14 Å². The van der Waals surface area contributed by atoms with Gasteiger partial charge in [0.05, 0.1) is 32.1 Å². The van der Waals surface area contributed by atoms with E-state index in [2.05, 4.69) is 44.9 Å². The van der Waals surface area contributed by atoms with E-state index in [1.807, 2.05) is 184 Å². The second-order valence-corrected chi connectivity index (χ2v) is 32.6. The SMILES string of the molecule is C.C=S(C)(=O)CC.CC.CC.CC.CC.CC.CC.CC.CC.CC(=O)N(C)C.CC(=O)O.CC(C)=O.CCC.CCS(C)(=O)=O.CN(C)C.CN(C)C.CN(C)S(C)(=O)=O.CN(C)S(C)(=O)=O.CNC.CNC(C)=O.CNS(C)(=O)=O.COC(C)=O.CS(C)(=O)=O.CS(N)(=O)=O. The standard InChI is InChI=1S/C4H9NO.C4H10OS.2C3H9NO2S.C3H7NO.2C3H9N.C3H8O2S.C3H6O2.C3H6O.C3H8.C2H7NO2S.C2H7N.C2H6O2S.C2H4O2.8C2H6.CH5NO2S.CH4/c1-4(6)5(2)3;1-4-6(2,3)5;2*1-4(2)7(3,5)6;1-3(5)4-2;2*1-4(2)3;1-3-6(2,4)5;1-3(4)5-2;1-3(2)4;1-3-2;1-3-6(2,4)5;1-3-2;1-5(2,3)4;1-2(3)4;8*1-2;1-5(2,3)4;/h1-3H3;2,4H2,1,3H3;2*1-3H3;1-2H3,(H,4,5);2*1-3H3;3H2,1-2H3;1-2H3;1-2H3;3H2,1-2H3;3H,1-2H3;3H,1-2H3;1-2H3;1H3,(H,3,4);8*1-2H3;1H3,(H2,2,3,4);1H4. The molecule has 0 rings (SSSR count). The second-order valence-electron chi connectivity index (χ2n) is 17.0. The number of rotatable bonds is 5. The molecule has 29 nitrogen and oxygen atoms in total. The summed E-state index contributed by atoms with van der Waals surface area (Å²) in [4.78, 5) is 53.3. The summed E-state index contributed by atoms with van der Waals surface area (Å²) in [7, 11) is 10.6. The van der Waals surface area contributed by atoms with Gasteiger partial charge in [-0.05, 0) is 92.7 Å². The van der Waals surface area contributed by atoms with Crippen molar-refractivity contribution in [1.82, 2.24) is 38.7 Å². The molecule has 0 aliphatic rings. The van der Waals surface area contributed by atoms with Crippen LogP contribution in [0, 0.1) is 0 Å². The molecule has 2 amide bonds. The van der Waals surface area contributed by atoms with Crippen molar-refractivity contribution in [3.63, 3.8) is 0 Å². The first kappa shape index (κ1) is 171. The number of nitrogens with one attached hydrogen (secondary N) is 3. The summed E-state index contributed by atoms with van der Waals surface area (Å²) in [6.07, 6.45) is 10.8. The highest BCUT2D eigenvalue weighted by Gasteiger charge is 2.01. The van der Waals surface area contributed by atoms with Gasteiger partial charge in [0.15, 0.2) is 0 Å². The van der Waals surface area contributed by atoms with E-state index in [0.717, 1.165) is 53.1 Å². The number of nitrogens with two attached hydrogens (primary N) is 1. The van der Waals surface area contributed by atoms with Crippen molar-refractivity contribution >= 4 is 105 Å². The number of amides is 2. The van der Waals surface area contributed by atoms with Crippen LogP contribution >= 0.6 is 0 Å². The van der Waals surface area contributed by atoms with Crippen LogP contribution < -0.4 is 20.5 Å². The number of hydrogen-bond acceptors (Lipinski definition) is 22. The van der Waals surface area contributed by atoms with E-state index in [-0.39, 0.29) is 36.7 Å². The molecule has 0 saturated carbocycles. The minimum atomic E-state index is -3.17. The number of primary sulfonamides is 1. The zero-order valence-electron chi connectivity index (χ0n) is 71.7. The number of carboxylic acids is 1. The maximum atomic E-state index is 10.4. The number of nitrogens with zero attached hydrogens (tertiary/aromatic N) is 5. The van der Waals surface area contributed by atoms with Gasteiger partial charge < -0.3 is 40.0 Å². The molecule has 0 heterocycles. The van der Waals surface area contributed by atoms with Crippen LogP contribution in [-0.4, -0.2) is 300 Å². The summed E-state index contributed by atoms with van der Waals surface area (Å²) < 4.78 is 138. The van der Waals surface area contributed by atoms with Crippen LogP contribution in [0.15, 0.2) is 0 Å². The molecule has 97 heavy (non-hydrogen) atoms. The molecule has 0 aromatic rings. The topological polar surface area (TPSA) is 415 Å². The lowest BCUT2D eigenvalue weighted by molar-refractivity contribution is -0.138. The van der Waals surface area contributed by atoms with Crippen LogP contribution in [0.3, 0.4) is 0 Å². The predicted molar refractivity (Wildman–Crippen MR) is 437 cm³/mol. The highest BCUT2D eigenvalue weighted by atomic mass is 32.2. The molecule has 1 atom stereocenters. The summed E-state index contributed by atoms with van der Waals surface area (Å²) in [6, 6.07) is 0. The van der Waals surface area contributed by atoms with Crippen LogP contribution in [-0.2, 0) is 98.0 Å². The molecular weight excluding hydrogens is 1400 g/mol. The molecule has 0 aromatic carbocycles. The number of hydrogen-bond donors (Lipinski definition) is 5. The summed E-state index contributed by atoms with van der Waals surface area (Å²) in [5.41, 5.74) is 0. The van der Waals surface area contributed by atoms with Gasteiger partial charge in [-0.3, -0.25) is 23.4 Å². The molecule has 622 valence electrons. The first-order valence-corrected chi connectivity index (χ1v) is 44.8. The summed E-state index contributed by atoms with van der Waals surface area (Å²) >= 11 is 0. The van der Waals surface area contributed by atoms with Gasteiger partial charge in [0, 0.05) is 114 Å². The lowest BCUT2D eigenvalue weighted by Crippen LogP contribution is -2.19. The van der Waals surface area contributed by atoms with Crippen molar-refractivity contribution in [2.45, 2.75) is 194 Å². The van der Waals surface area contributed by atoms with Crippen LogP contribution in [0.5, 0.6) is 0 Å². The van der Waals surface area contributed by atoms with Crippen LogP contribution in [0.2, 0.25) is 0 Å². The first-order chi connectivity index (χ1) is 42.5. The Balaban J connectivity index is -0.0000000245. The Morgan fingerprint density at radius 2 is 0.526 bits per heavy atom. The highest BCUT2D eigenvalue weighted by molar-refractivity contribution is 7.99. The van der Waals surface area contributed by atoms with Crippen molar-refractivity contribution < 1.29 is 88.5 Å². The molecule has 0 bridgehead atoms.